The molecule has 0 amide bonds. The third-order valence-electron chi connectivity index (χ3n) is 1.74. The lowest BCUT2D eigenvalue weighted by molar-refractivity contribution is 0.224. The molecule has 1 aliphatic rings. The van der Waals surface area contributed by atoms with Crippen LogP contribution < -0.4 is 0 Å². The lowest BCUT2D eigenvalue weighted by Crippen LogP contribution is -2.07. The Balaban J connectivity index is 2.66. The van der Waals surface area contributed by atoms with Crippen LogP contribution in [-0.2, 0) is 0 Å². The van der Waals surface area contributed by atoms with Gasteiger partial charge in [0, 0.05) is 0 Å². The largest absolute Gasteiger partial charge is 0.389 e. The van der Waals surface area contributed by atoms with E-state index in [0.717, 1.165) is 6.42 Å². The lowest BCUT2D eigenvalue weighted by Gasteiger charge is -2.13. The minimum Gasteiger partial charge on any atom is -0.389 e. The van der Waals surface area contributed by atoms with Gasteiger partial charge < -0.3 is 5.11 Å². The lowest BCUT2D eigenvalue weighted by atomic mass is 9.96. The van der Waals surface area contributed by atoms with Crippen molar-refractivity contribution >= 4 is 0 Å². The van der Waals surface area contributed by atoms with Crippen molar-refractivity contribution < 1.29 is 5.11 Å². The van der Waals surface area contributed by atoms with Crippen LogP contribution in [0, 0.1) is 5.92 Å². The van der Waals surface area contributed by atoms with Crippen molar-refractivity contribution in [2.24, 2.45) is 5.92 Å². The first-order chi connectivity index (χ1) is 4.70. The van der Waals surface area contributed by atoms with Gasteiger partial charge in [0.15, 0.2) is 0 Å². The summed E-state index contributed by atoms with van der Waals surface area (Å²) in [7, 11) is 0. The second kappa shape index (κ2) is 3.02. The minimum atomic E-state index is -0.248. The zero-order valence-corrected chi connectivity index (χ0v) is 6.54. The Bertz CT molecular complexity index is 166. The summed E-state index contributed by atoms with van der Waals surface area (Å²) in [6, 6.07) is 0. The van der Waals surface area contributed by atoms with E-state index >= 15 is 0 Å². The molecule has 0 bridgehead atoms. The molecule has 0 saturated carbocycles. The number of hydrogen-bond acceptors (Lipinski definition) is 1. The Hall–Kier alpha value is -0.560. The number of hydrogen-bond donors (Lipinski definition) is 1. The summed E-state index contributed by atoms with van der Waals surface area (Å²) in [5.74, 6) is 0.534. The first kappa shape index (κ1) is 7.55. The number of aliphatic hydroxyl groups is 1. The summed E-state index contributed by atoms with van der Waals surface area (Å²) >= 11 is 0. The van der Waals surface area contributed by atoms with E-state index in [1.54, 1.807) is 0 Å². The zero-order chi connectivity index (χ0) is 7.56. The molecular weight excluding hydrogens is 124 g/mol. The molecule has 0 aromatic carbocycles. The van der Waals surface area contributed by atoms with Gasteiger partial charge in [-0.2, -0.15) is 0 Å². The Kier molecular flexibility index (Phi) is 2.28. The zero-order valence-electron chi connectivity index (χ0n) is 6.54. The highest BCUT2D eigenvalue weighted by Crippen LogP contribution is 2.17. The molecule has 1 atom stereocenters. The fraction of sp³-hybridized carbons (Fsp3) is 0.556. The van der Waals surface area contributed by atoms with Crippen molar-refractivity contribution in [3.05, 3.63) is 23.8 Å². The van der Waals surface area contributed by atoms with Gasteiger partial charge in [-0.25, -0.2) is 0 Å². The predicted molar refractivity (Wildman–Crippen MR) is 42.7 cm³/mol. The Morgan fingerprint density at radius 3 is 2.70 bits per heavy atom. The van der Waals surface area contributed by atoms with Crippen molar-refractivity contribution in [1.29, 1.82) is 0 Å². The fourth-order valence-electron chi connectivity index (χ4n) is 1.07. The Morgan fingerprint density at radius 2 is 2.30 bits per heavy atom. The van der Waals surface area contributed by atoms with Crippen LogP contribution in [0.25, 0.3) is 0 Å². The quantitative estimate of drug-likeness (QED) is 0.586. The molecule has 1 heteroatoms. The van der Waals surface area contributed by atoms with Gasteiger partial charge >= 0.3 is 0 Å². The normalized spacial score (nSPS) is 25.2. The van der Waals surface area contributed by atoms with Crippen LogP contribution in [-0.4, -0.2) is 11.2 Å². The summed E-state index contributed by atoms with van der Waals surface area (Å²) in [5, 5.41) is 9.20. The number of aliphatic hydroxyl groups excluding tert-OH is 1. The van der Waals surface area contributed by atoms with Crippen LogP contribution >= 0.6 is 0 Å². The SMILES string of the molecule is CC(C)C1=C[C@@H](O)CC=C1. The molecule has 0 heterocycles. The van der Waals surface area contributed by atoms with Crippen molar-refractivity contribution in [2.45, 2.75) is 26.4 Å². The summed E-state index contributed by atoms with van der Waals surface area (Å²) in [6.45, 7) is 4.27. The molecule has 10 heavy (non-hydrogen) atoms. The van der Waals surface area contributed by atoms with Crippen molar-refractivity contribution in [2.75, 3.05) is 0 Å². The average molecular weight is 138 g/mol. The molecule has 1 nitrogen and oxygen atoms in total. The van der Waals surface area contributed by atoms with E-state index in [2.05, 4.69) is 19.9 Å². The summed E-state index contributed by atoms with van der Waals surface area (Å²) in [4.78, 5) is 0. The molecule has 0 fully saturated rings. The van der Waals surface area contributed by atoms with Gasteiger partial charge in [0.05, 0.1) is 6.10 Å². The Morgan fingerprint density at radius 1 is 1.60 bits per heavy atom. The van der Waals surface area contributed by atoms with Crippen LogP contribution in [0.4, 0.5) is 0 Å². The summed E-state index contributed by atoms with van der Waals surface area (Å²) in [5.41, 5.74) is 1.25. The first-order valence-corrected chi connectivity index (χ1v) is 3.76. The highest BCUT2D eigenvalue weighted by Gasteiger charge is 2.07. The van der Waals surface area contributed by atoms with Crippen LogP contribution in [0.15, 0.2) is 23.8 Å². The molecule has 56 valence electrons. The highest BCUT2D eigenvalue weighted by atomic mass is 16.3. The van der Waals surface area contributed by atoms with E-state index in [-0.39, 0.29) is 6.10 Å². The molecule has 1 rings (SSSR count). The summed E-state index contributed by atoms with van der Waals surface area (Å²) < 4.78 is 0. The molecule has 0 aliphatic heterocycles. The molecule has 0 unspecified atom stereocenters. The third kappa shape index (κ3) is 1.71. The van der Waals surface area contributed by atoms with Crippen LogP contribution in [0.3, 0.4) is 0 Å². The van der Waals surface area contributed by atoms with Crippen LogP contribution in [0.2, 0.25) is 0 Å². The van der Waals surface area contributed by atoms with E-state index in [4.69, 9.17) is 0 Å². The maximum Gasteiger partial charge on any atom is 0.0761 e. The molecule has 1 N–H and O–H groups in total. The van der Waals surface area contributed by atoms with Gasteiger partial charge in [-0.3, -0.25) is 0 Å². The molecule has 0 aromatic heterocycles. The van der Waals surface area contributed by atoms with E-state index < -0.39 is 0 Å². The monoisotopic (exact) mass is 138 g/mol. The van der Waals surface area contributed by atoms with E-state index in [0.29, 0.717) is 5.92 Å². The van der Waals surface area contributed by atoms with Gasteiger partial charge in [0.25, 0.3) is 0 Å². The molecule has 0 radical (unpaired) electrons. The minimum absolute atomic E-state index is 0.248. The first-order valence-electron chi connectivity index (χ1n) is 3.76. The van der Waals surface area contributed by atoms with Crippen molar-refractivity contribution in [1.82, 2.24) is 0 Å². The smallest absolute Gasteiger partial charge is 0.0761 e. The molecule has 0 saturated heterocycles. The third-order valence-corrected chi connectivity index (χ3v) is 1.74. The van der Waals surface area contributed by atoms with Gasteiger partial charge in [-0.05, 0) is 17.9 Å². The molecule has 1 aliphatic carbocycles. The second-order valence-electron chi connectivity index (χ2n) is 3.03. The van der Waals surface area contributed by atoms with Crippen LogP contribution in [0.5, 0.6) is 0 Å². The maximum absolute atomic E-state index is 9.20. The van der Waals surface area contributed by atoms with Crippen molar-refractivity contribution in [3.63, 3.8) is 0 Å². The fourth-order valence-corrected chi connectivity index (χ4v) is 1.07. The van der Waals surface area contributed by atoms with Gasteiger partial charge in [-0.15, -0.1) is 0 Å². The van der Waals surface area contributed by atoms with Gasteiger partial charge in [0.2, 0.25) is 0 Å². The highest BCUT2D eigenvalue weighted by molar-refractivity contribution is 5.25. The average Bonchev–Trinajstić information content (AvgIpc) is 1.88. The van der Waals surface area contributed by atoms with Gasteiger partial charge in [-0.1, -0.05) is 32.1 Å². The van der Waals surface area contributed by atoms with E-state index in [9.17, 15) is 5.11 Å². The number of rotatable bonds is 1. The predicted octanol–water partition coefficient (Wildman–Crippen LogP) is 1.89. The standard InChI is InChI=1S/C9H14O/c1-7(2)8-4-3-5-9(10)6-8/h3-4,6-7,9-10H,5H2,1-2H3/t9-/m0/s1. The molecule has 0 aromatic rings. The topological polar surface area (TPSA) is 20.2 Å². The maximum atomic E-state index is 9.20. The van der Waals surface area contributed by atoms with Crippen molar-refractivity contribution in [3.8, 4) is 0 Å². The number of allylic oxidation sites excluding steroid dienone is 2. The van der Waals surface area contributed by atoms with E-state index in [1.807, 2.05) is 12.2 Å². The van der Waals surface area contributed by atoms with E-state index in [1.165, 1.54) is 5.57 Å². The molecular formula is C9H14O. The summed E-state index contributed by atoms with van der Waals surface area (Å²) in [6.07, 6.45) is 6.58. The molecule has 0 spiro atoms. The Labute approximate surface area is 62.1 Å². The second-order valence-corrected chi connectivity index (χ2v) is 3.03. The van der Waals surface area contributed by atoms with Crippen LogP contribution in [0.1, 0.15) is 20.3 Å². The van der Waals surface area contributed by atoms with Gasteiger partial charge in [0.1, 0.15) is 0 Å².